The predicted octanol–water partition coefficient (Wildman–Crippen LogP) is 1.04. The largest absolute Gasteiger partial charge is 0.480 e. The average Bonchev–Trinajstić information content (AvgIpc) is 2.32. The van der Waals surface area contributed by atoms with Gasteiger partial charge in [0, 0.05) is 17.3 Å². The molecule has 1 atom stereocenters. The number of rotatable bonds is 2. The van der Waals surface area contributed by atoms with E-state index in [9.17, 15) is 14.7 Å². The molecule has 0 saturated carbocycles. The Bertz CT molecular complexity index is 504. The van der Waals surface area contributed by atoms with Crippen LogP contribution in [0.2, 0.25) is 5.02 Å². The van der Waals surface area contributed by atoms with E-state index in [0.717, 1.165) is 5.56 Å². The molecule has 0 radical (unpaired) electrons. The second kappa shape index (κ2) is 4.86. The molecule has 2 N–H and O–H groups in total. The van der Waals surface area contributed by atoms with Gasteiger partial charge in [-0.1, -0.05) is 17.7 Å². The second-order valence-electron chi connectivity index (χ2n) is 4.17. The Hall–Kier alpha value is -1.75. The van der Waals surface area contributed by atoms with E-state index in [1.165, 1.54) is 0 Å². The third kappa shape index (κ3) is 2.26. The first-order valence-electron chi connectivity index (χ1n) is 5.52. The van der Waals surface area contributed by atoms with Crippen molar-refractivity contribution in [3.63, 3.8) is 0 Å². The van der Waals surface area contributed by atoms with Crippen LogP contribution in [0.15, 0.2) is 18.2 Å². The highest BCUT2D eigenvalue weighted by atomic mass is 35.5. The van der Waals surface area contributed by atoms with E-state index in [4.69, 9.17) is 11.6 Å². The minimum absolute atomic E-state index is 0.0259. The Morgan fingerprint density at radius 3 is 2.94 bits per heavy atom. The number of carbonyl (C=O) groups is 2. The molecule has 1 saturated heterocycles. The van der Waals surface area contributed by atoms with Gasteiger partial charge >= 0.3 is 5.97 Å². The molecule has 18 heavy (non-hydrogen) atoms. The minimum Gasteiger partial charge on any atom is -0.480 e. The normalized spacial score (nSPS) is 19.6. The molecule has 0 bridgehead atoms. The molecule has 1 aromatic carbocycles. The highest BCUT2D eigenvalue weighted by Gasteiger charge is 2.32. The molecule has 0 aliphatic carbocycles. The fraction of sp³-hybridized carbons (Fsp3) is 0.333. The summed E-state index contributed by atoms with van der Waals surface area (Å²) in [5.74, 6) is -1.15. The number of piperazine rings is 1. The number of benzene rings is 1. The third-order valence-electron chi connectivity index (χ3n) is 3.02. The van der Waals surface area contributed by atoms with Crippen molar-refractivity contribution in [2.24, 2.45) is 0 Å². The van der Waals surface area contributed by atoms with Crippen LogP contribution in [-0.2, 0) is 9.59 Å². The van der Waals surface area contributed by atoms with Crippen molar-refractivity contribution in [2.75, 3.05) is 18.0 Å². The minimum atomic E-state index is -0.964. The second-order valence-corrected chi connectivity index (χ2v) is 4.58. The van der Waals surface area contributed by atoms with E-state index >= 15 is 0 Å². The predicted molar refractivity (Wildman–Crippen MR) is 68.0 cm³/mol. The SMILES string of the molecule is Cc1c(Cl)cccc1N1CC(=O)NCC1C(=O)O. The van der Waals surface area contributed by atoms with Crippen LogP contribution in [0.5, 0.6) is 0 Å². The van der Waals surface area contributed by atoms with Crippen molar-refractivity contribution in [3.8, 4) is 0 Å². The van der Waals surface area contributed by atoms with Crippen molar-refractivity contribution in [3.05, 3.63) is 28.8 Å². The van der Waals surface area contributed by atoms with Crippen LogP contribution < -0.4 is 10.2 Å². The fourth-order valence-corrected chi connectivity index (χ4v) is 2.19. The Morgan fingerprint density at radius 1 is 1.56 bits per heavy atom. The van der Waals surface area contributed by atoms with Crippen molar-refractivity contribution < 1.29 is 14.7 Å². The molecule has 6 heteroatoms. The number of carboxylic acid groups (broad SMARTS) is 1. The summed E-state index contributed by atoms with van der Waals surface area (Å²) in [5, 5.41) is 12.3. The van der Waals surface area contributed by atoms with Gasteiger partial charge in [0.05, 0.1) is 6.54 Å². The number of aliphatic carboxylic acids is 1. The van der Waals surface area contributed by atoms with Gasteiger partial charge in [-0.25, -0.2) is 4.79 Å². The smallest absolute Gasteiger partial charge is 0.328 e. The molecule has 0 aromatic heterocycles. The van der Waals surface area contributed by atoms with E-state index < -0.39 is 12.0 Å². The number of hydrogen-bond acceptors (Lipinski definition) is 3. The summed E-state index contributed by atoms with van der Waals surface area (Å²) in [6, 6.07) is 4.49. The van der Waals surface area contributed by atoms with Gasteiger partial charge in [-0.3, -0.25) is 4.79 Å². The van der Waals surface area contributed by atoms with Crippen LogP contribution in [0.1, 0.15) is 5.56 Å². The van der Waals surface area contributed by atoms with Crippen molar-refractivity contribution in [1.29, 1.82) is 0 Å². The molecule has 1 heterocycles. The monoisotopic (exact) mass is 268 g/mol. The molecular weight excluding hydrogens is 256 g/mol. The van der Waals surface area contributed by atoms with Crippen molar-refractivity contribution in [1.82, 2.24) is 5.32 Å². The number of halogens is 1. The molecule has 1 aliphatic rings. The topological polar surface area (TPSA) is 69.6 Å². The summed E-state index contributed by atoms with van der Waals surface area (Å²) in [6.07, 6.45) is 0. The maximum atomic E-state index is 11.4. The molecule has 1 aromatic rings. The Morgan fingerprint density at radius 2 is 2.28 bits per heavy atom. The van der Waals surface area contributed by atoms with Gasteiger partial charge in [0.25, 0.3) is 0 Å². The zero-order valence-corrected chi connectivity index (χ0v) is 10.6. The van der Waals surface area contributed by atoms with E-state index in [1.807, 2.05) is 6.92 Å². The van der Waals surface area contributed by atoms with Crippen LogP contribution >= 0.6 is 11.6 Å². The number of carboxylic acids is 1. The Labute approximate surface area is 109 Å². The summed E-state index contributed by atoms with van der Waals surface area (Å²) in [4.78, 5) is 24.2. The van der Waals surface area contributed by atoms with Crippen LogP contribution in [-0.4, -0.2) is 36.1 Å². The molecule has 1 amide bonds. The van der Waals surface area contributed by atoms with Crippen LogP contribution in [0.4, 0.5) is 5.69 Å². The Balaban J connectivity index is 2.41. The molecule has 1 fully saturated rings. The standard InChI is InChI=1S/C12H13ClN2O3/c1-7-8(13)3-2-4-9(7)15-6-11(16)14-5-10(15)12(17)18/h2-4,10H,5-6H2,1H3,(H,14,16)(H,17,18). The molecule has 1 aliphatic heterocycles. The van der Waals surface area contributed by atoms with Gasteiger partial charge < -0.3 is 15.3 Å². The summed E-state index contributed by atoms with van der Waals surface area (Å²) in [5.41, 5.74) is 1.46. The van der Waals surface area contributed by atoms with E-state index in [-0.39, 0.29) is 19.0 Å². The number of anilines is 1. The highest BCUT2D eigenvalue weighted by molar-refractivity contribution is 6.31. The first-order chi connectivity index (χ1) is 8.50. The van der Waals surface area contributed by atoms with Crippen LogP contribution in [0.25, 0.3) is 0 Å². The third-order valence-corrected chi connectivity index (χ3v) is 3.43. The van der Waals surface area contributed by atoms with Gasteiger partial charge in [-0.15, -0.1) is 0 Å². The maximum Gasteiger partial charge on any atom is 0.328 e. The van der Waals surface area contributed by atoms with Gasteiger partial charge in [0.1, 0.15) is 6.04 Å². The lowest BCUT2D eigenvalue weighted by molar-refractivity contribution is -0.139. The van der Waals surface area contributed by atoms with Gasteiger partial charge in [-0.05, 0) is 24.6 Å². The van der Waals surface area contributed by atoms with E-state index in [2.05, 4.69) is 5.32 Å². The Kier molecular flexibility index (Phi) is 3.43. The number of amides is 1. The molecule has 1 unspecified atom stereocenters. The quantitative estimate of drug-likeness (QED) is 0.841. The van der Waals surface area contributed by atoms with Gasteiger partial charge in [0.15, 0.2) is 0 Å². The molecular formula is C12H13ClN2O3. The van der Waals surface area contributed by atoms with Crippen molar-refractivity contribution in [2.45, 2.75) is 13.0 Å². The first-order valence-corrected chi connectivity index (χ1v) is 5.89. The summed E-state index contributed by atoms with van der Waals surface area (Å²) in [6.45, 7) is 1.93. The summed E-state index contributed by atoms with van der Waals surface area (Å²) < 4.78 is 0. The lowest BCUT2D eigenvalue weighted by atomic mass is 10.1. The van der Waals surface area contributed by atoms with Crippen LogP contribution in [0.3, 0.4) is 0 Å². The number of nitrogens with one attached hydrogen (secondary N) is 1. The van der Waals surface area contributed by atoms with Gasteiger partial charge in [0.2, 0.25) is 5.91 Å². The van der Waals surface area contributed by atoms with E-state index in [0.29, 0.717) is 10.7 Å². The lowest BCUT2D eigenvalue weighted by Gasteiger charge is -2.35. The maximum absolute atomic E-state index is 11.4. The molecule has 0 spiro atoms. The zero-order valence-electron chi connectivity index (χ0n) is 9.81. The summed E-state index contributed by atoms with van der Waals surface area (Å²) in [7, 11) is 0. The lowest BCUT2D eigenvalue weighted by Crippen LogP contribution is -2.57. The molecule has 5 nitrogen and oxygen atoms in total. The van der Waals surface area contributed by atoms with Crippen LogP contribution in [0, 0.1) is 6.92 Å². The fourth-order valence-electron chi connectivity index (χ4n) is 2.02. The first kappa shape index (κ1) is 12.7. The van der Waals surface area contributed by atoms with Gasteiger partial charge in [-0.2, -0.15) is 0 Å². The number of carbonyl (C=O) groups excluding carboxylic acids is 1. The highest BCUT2D eigenvalue weighted by Crippen LogP contribution is 2.28. The van der Waals surface area contributed by atoms with Crippen molar-refractivity contribution >= 4 is 29.2 Å². The average molecular weight is 269 g/mol. The number of hydrogen-bond donors (Lipinski definition) is 2. The molecule has 2 rings (SSSR count). The molecule has 96 valence electrons. The zero-order chi connectivity index (χ0) is 13.3. The number of nitrogens with zero attached hydrogens (tertiary/aromatic N) is 1. The van der Waals surface area contributed by atoms with E-state index in [1.54, 1.807) is 23.1 Å². The summed E-state index contributed by atoms with van der Waals surface area (Å²) >= 11 is 6.02.